The summed E-state index contributed by atoms with van der Waals surface area (Å²) in [6.45, 7) is 6.29. The zero-order chi connectivity index (χ0) is 23.5. The molecule has 3 heterocycles. The Bertz CT molecular complexity index is 1200. The number of aryl methyl sites for hydroxylation is 2. The number of aromatic nitrogens is 4. The molecule has 0 aromatic heterocycles. The Morgan fingerprint density at radius 3 is 2.48 bits per heavy atom. The highest BCUT2D eigenvalue weighted by Gasteiger charge is 2.23. The van der Waals surface area contributed by atoms with Crippen LogP contribution in [-0.2, 0) is 6.54 Å². The van der Waals surface area contributed by atoms with E-state index in [0.29, 0.717) is 25.0 Å². The van der Waals surface area contributed by atoms with Gasteiger partial charge < -0.3 is 24.8 Å². The number of benzene rings is 1. The van der Waals surface area contributed by atoms with Crippen molar-refractivity contribution >= 4 is 16.7 Å². The van der Waals surface area contributed by atoms with Gasteiger partial charge in [0.1, 0.15) is 0 Å². The molecule has 33 heavy (non-hydrogen) atoms. The summed E-state index contributed by atoms with van der Waals surface area (Å²) in [6, 6.07) is 3.93. The molecule has 4 N–H and O–H groups in total. The Morgan fingerprint density at radius 1 is 1.03 bits per heavy atom. The van der Waals surface area contributed by atoms with Crippen LogP contribution in [0.4, 0.5) is 5.69 Å². The summed E-state index contributed by atoms with van der Waals surface area (Å²) in [6.07, 6.45) is -0.158. The first-order chi connectivity index (χ1) is 15.9. The number of nitrogens with one attached hydrogen (secondary N) is 1. The van der Waals surface area contributed by atoms with Crippen molar-refractivity contribution in [3.8, 4) is 11.5 Å². The fourth-order valence-electron chi connectivity index (χ4n) is 4.43. The Morgan fingerprint density at radius 2 is 1.79 bits per heavy atom. The van der Waals surface area contributed by atoms with Gasteiger partial charge in [0.25, 0.3) is 5.56 Å². The zero-order valence-corrected chi connectivity index (χ0v) is 18.7. The molecule has 0 saturated carbocycles. The topological polar surface area (TPSA) is 148 Å². The minimum Gasteiger partial charge on any atom is -0.396 e. The smallest absolute Gasteiger partial charge is 0.349 e. The number of piperazine rings is 1. The van der Waals surface area contributed by atoms with Crippen LogP contribution in [0, 0.1) is 6.92 Å². The van der Waals surface area contributed by atoms with Crippen LogP contribution in [-0.4, -0.2) is 91.8 Å². The molecule has 1 saturated heterocycles. The van der Waals surface area contributed by atoms with Gasteiger partial charge in [-0.25, -0.2) is 9.78 Å². The van der Waals surface area contributed by atoms with Gasteiger partial charge in [0, 0.05) is 51.6 Å². The van der Waals surface area contributed by atoms with Crippen LogP contribution in [0.3, 0.4) is 0 Å². The summed E-state index contributed by atoms with van der Waals surface area (Å²) >= 11 is 0. The van der Waals surface area contributed by atoms with E-state index in [1.807, 2.05) is 19.1 Å². The molecule has 1 aromatic rings. The number of rotatable bonds is 8. The molecule has 11 heteroatoms. The third-order valence-corrected chi connectivity index (χ3v) is 6.20. The van der Waals surface area contributed by atoms with Crippen molar-refractivity contribution in [2.45, 2.75) is 32.4 Å². The molecule has 0 amide bonds. The van der Waals surface area contributed by atoms with Crippen LogP contribution < -0.4 is 16.1 Å². The van der Waals surface area contributed by atoms with E-state index in [9.17, 15) is 19.8 Å². The molecular formula is C22H30N6O5. The molecule has 1 fully saturated rings. The lowest BCUT2D eigenvalue weighted by atomic mass is 10.1. The van der Waals surface area contributed by atoms with Crippen molar-refractivity contribution in [2.75, 3.05) is 50.8 Å². The van der Waals surface area contributed by atoms with Gasteiger partial charge in [-0.2, -0.15) is 4.98 Å². The summed E-state index contributed by atoms with van der Waals surface area (Å²) in [4.78, 5) is 39.6. The first-order valence-corrected chi connectivity index (χ1v) is 11.2. The van der Waals surface area contributed by atoms with E-state index in [1.165, 1.54) is 0 Å². The maximum absolute atomic E-state index is 12.4. The minimum absolute atomic E-state index is 0.0727. The van der Waals surface area contributed by atoms with Crippen LogP contribution in [0.2, 0.25) is 0 Å². The molecule has 11 nitrogen and oxygen atoms in total. The fraction of sp³-hybridized carbons (Fsp3) is 0.545. The van der Waals surface area contributed by atoms with E-state index in [2.05, 4.69) is 24.8 Å². The van der Waals surface area contributed by atoms with E-state index >= 15 is 0 Å². The lowest BCUT2D eigenvalue weighted by Crippen LogP contribution is -2.47. The van der Waals surface area contributed by atoms with Crippen molar-refractivity contribution in [1.29, 1.82) is 0 Å². The Labute approximate surface area is 190 Å². The third-order valence-electron chi connectivity index (χ3n) is 6.20. The van der Waals surface area contributed by atoms with Gasteiger partial charge in [0.15, 0.2) is 11.5 Å². The highest BCUT2D eigenvalue weighted by atomic mass is 16.3. The molecule has 0 unspecified atom stereocenters. The average molecular weight is 459 g/mol. The van der Waals surface area contributed by atoms with Crippen LogP contribution in [0.5, 0.6) is 0 Å². The molecule has 3 aliphatic heterocycles. The highest BCUT2D eigenvalue weighted by molar-refractivity contribution is 5.84. The molecule has 1 atom stereocenters. The number of hydrogen-bond donors (Lipinski definition) is 4. The minimum atomic E-state index is -0.745. The fourth-order valence-corrected chi connectivity index (χ4v) is 4.43. The standard InChI is InChI=1S/C22H30N6O5/c1-14-12-16-18(13-17(14)27-7-5-26(6-8-27)9-11-30)28(4-2-15(31)3-10-29)20-19(23-16)21(32)25-22(33)24-20/h12-13,15,29-31H,2-11H2,1H3,(H,25,32,33)/t15-/m0/s1. The molecule has 1 aromatic carbocycles. The maximum Gasteiger partial charge on any atom is 0.349 e. The Balaban J connectivity index is 1.80. The van der Waals surface area contributed by atoms with Crippen molar-refractivity contribution in [3.05, 3.63) is 38.5 Å². The predicted molar refractivity (Wildman–Crippen MR) is 124 cm³/mol. The van der Waals surface area contributed by atoms with E-state index in [4.69, 9.17) is 5.11 Å². The first kappa shape index (κ1) is 23.3. The quantitative estimate of drug-likeness (QED) is 0.317. The highest BCUT2D eigenvalue weighted by Crippen LogP contribution is 2.30. The molecule has 0 radical (unpaired) electrons. The number of anilines is 1. The molecule has 0 aliphatic carbocycles. The number of hydrogen-bond acceptors (Lipinski definition) is 9. The molecular weight excluding hydrogens is 428 g/mol. The molecule has 4 rings (SSSR count). The third kappa shape index (κ3) is 4.91. The zero-order valence-electron chi connectivity index (χ0n) is 18.7. The largest absolute Gasteiger partial charge is 0.396 e. The normalized spacial score (nSPS) is 16.1. The molecule has 3 aliphatic rings. The summed E-state index contributed by atoms with van der Waals surface area (Å²) in [5.41, 5.74) is 2.10. The number of H-pyrrole nitrogens is 1. The number of β-amino-alcohol motifs (C(OH)–C–C–N with tert-alkyl or cyclic N) is 1. The van der Waals surface area contributed by atoms with Crippen molar-refractivity contribution in [1.82, 2.24) is 24.4 Å². The van der Waals surface area contributed by atoms with Crippen LogP contribution >= 0.6 is 0 Å². The second-order valence-electron chi connectivity index (χ2n) is 8.44. The van der Waals surface area contributed by atoms with Gasteiger partial charge in [-0.15, -0.1) is 0 Å². The summed E-state index contributed by atoms with van der Waals surface area (Å²) in [5, 5.41) is 28.5. The van der Waals surface area contributed by atoms with Crippen molar-refractivity contribution in [2.24, 2.45) is 0 Å². The van der Waals surface area contributed by atoms with Gasteiger partial charge in [0.05, 0.1) is 23.7 Å². The van der Waals surface area contributed by atoms with E-state index < -0.39 is 17.4 Å². The van der Waals surface area contributed by atoms with Crippen LogP contribution in [0.25, 0.3) is 22.6 Å². The summed E-state index contributed by atoms with van der Waals surface area (Å²) in [5.74, 6) is 0.176. The van der Waals surface area contributed by atoms with E-state index in [0.717, 1.165) is 42.9 Å². The maximum atomic E-state index is 12.4. The predicted octanol–water partition coefficient (Wildman–Crippen LogP) is -0.859. The van der Waals surface area contributed by atoms with Gasteiger partial charge in [0.2, 0.25) is 0 Å². The number of aliphatic hydroxyl groups is 3. The van der Waals surface area contributed by atoms with Gasteiger partial charge >= 0.3 is 5.69 Å². The Hall–Kier alpha value is -2.86. The number of aromatic amines is 1. The lowest BCUT2D eigenvalue weighted by molar-refractivity contribution is 0.121. The van der Waals surface area contributed by atoms with E-state index in [-0.39, 0.29) is 31.2 Å². The molecule has 0 bridgehead atoms. The average Bonchev–Trinajstić information content (AvgIpc) is 2.78. The Kier molecular flexibility index (Phi) is 7.03. The van der Waals surface area contributed by atoms with Crippen LogP contribution in [0.1, 0.15) is 18.4 Å². The monoisotopic (exact) mass is 458 g/mol. The summed E-state index contributed by atoms with van der Waals surface area (Å²) < 4.78 is 1.76. The van der Waals surface area contributed by atoms with Crippen molar-refractivity contribution in [3.63, 3.8) is 0 Å². The van der Waals surface area contributed by atoms with Crippen molar-refractivity contribution < 1.29 is 15.3 Å². The second-order valence-corrected chi connectivity index (χ2v) is 8.44. The van der Waals surface area contributed by atoms with Gasteiger partial charge in [-0.1, -0.05) is 0 Å². The van der Waals surface area contributed by atoms with Gasteiger partial charge in [-0.3, -0.25) is 14.7 Å². The lowest BCUT2D eigenvalue weighted by Gasteiger charge is -2.36. The number of nitrogens with zero attached hydrogens (tertiary/aromatic N) is 5. The number of aliphatic hydroxyl groups excluding tert-OH is 3. The van der Waals surface area contributed by atoms with E-state index in [1.54, 1.807) is 4.57 Å². The summed E-state index contributed by atoms with van der Waals surface area (Å²) in [7, 11) is 0. The van der Waals surface area contributed by atoms with Crippen LogP contribution in [0.15, 0.2) is 21.7 Å². The molecule has 0 spiro atoms. The van der Waals surface area contributed by atoms with Gasteiger partial charge in [-0.05, 0) is 37.5 Å². The number of fused-ring (bicyclic) bond motifs is 2. The SMILES string of the molecule is Cc1cc2nc3c(=O)[nH]c(=O)nc-3n(CC[C@H](O)CCO)c2cc1N1CCN(CCO)CC1. The molecule has 178 valence electrons. The first-order valence-electron chi connectivity index (χ1n) is 11.2. The second kappa shape index (κ2) is 9.96.